The Labute approximate surface area is 92.8 Å². The average molecular weight is 220 g/mol. The van der Waals surface area contributed by atoms with E-state index in [1.165, 1.54) is 10.9 Å². The number of hydrogen-bond donors (Lipinski definition) is 0. The van der Waals surface area contributed by atoms with Crippen molar-refractivity contribution in [2.75, 3.05) is 6.61 Å². The molecule has 76 valence electrons. The molecule has 0 aliphatic carbocycles. The molecule has 1 aromatic carbocycles. The summed E-state index contributed by atoms with van der Waals surface area (Å²) in [5.41, 5.74) is 1.20. The van der Waals surface area contributed by atoms with Crippen molar-refractivity contribution in [3.05, 3.63) is 35.0 Å². The van der Waals surface area contributed by atoms with Crippen LogP contribution in [0.2, 0.25) is 5.15 Å². The summed E-state index contributed by atoms with van der Waals surface area (Å²) < 4.78 is 5.52. The molecule has 2 nitrogen and oxygen atoms in total. The van der Waals surface area contributed by atoms with E-state index in [1.54, 1.807) is 0 Å². The van der Waals surface area contributed by atoms with Crippen molar-refractivity contribution in [1.29, 1.82) is 0 Å². The molecule has 0 atom stereocenters. The summed E-state index contributed by atoms with van der Waals surface area (Å²) in [6.45, 7) is 0.745. The van der Waals surface area contributed by atoms with Crippen LogP contribution in [0.15, 0.2) is 24.3 Å². The van der Waals surface area contributed by atoms with Gasteiger partial charge in [-0.05, 0) is 18.2 Å². The molecular weight excluding hydrogens is 210 g/mol. The maximum atomic E-state index is 6.10. The zero-order chi connectivity index (χ0) is 10.3. The molecule has 3 heteroatoms. The lowest BCUT2D eigenvalue weighted by Crippen LogP contribution is -2.10. The van der Waals surface area contributed by atoms with Crippen LogP contribution in [0.3, 0.4) is 0 Å². The molecule has 0 saturated carbocycles. The van der Waals surface area contributed by atoms with Gasteiger partial charge in [-0.2, -0.15) is 0 Å². The average Bonchev–Trinajstić information content (AvgIpc) is 2.30. The van der Waals surface area contributed by atoms with Gasteiger partial charge in [0.15, 0.2) is 0 Å². The van der Waals surface area contributed by atoms with Gasteiger partial charge in [-0.1, -0.05) is 35.9 Å². The topological polar surface area (TPSA) is 22.1 Å². The van der Waals surface area contributed by atoms with Crippen molar-refractivity contribution in [3.8, 4) is 5.88 Å². The second-order valence-electron chi connectivity index (χ2n) is 3.68. The van der Waals surface area contributed by atoms with Crippen LogP contribution in [-0.4, -0.2) is 11.6 Å². The summed E-state index contributed by atoms with van der Waals surface area (Å²) in [4.78, 5) is 4.29. The summed E-state index contributed by atoms with van der Waals surface area (Å²) in [6.07, 6.45) is 2.08. The highest BCUT2D eigenvalue weighted by molar-refractivity contribution is 6.34. The van der Waals surface area contributed by atoms with Crippen molar-refractivity contribution >= 4 is 22.4 Å². The van der Waals surface area contributed by atoms with Crippen LogP contribution >= 0.6 is 11.6 Å². The highest BCUT2D eigenvalue weighted by Crippen LogP contribution is 2.33. The second-order valence-corrected chi connectivity index (χ2v) is 4.04. The number of aromatic nitrogens is 1. The lowest BCUT2D eigenvalue weighted by atomic mass is 10.0. The minimum absolute atomic E-state index is 0.534. The Morgan fingerprint density at radius 2 is 2.00 bits per heavy atom. The van der Waals surface area contributed by atoms with Crippen molar-refractivity contribution in [2.24, 2.45) is 0 Å². The molecule has 0 N–H and O–H groups in total. The number of benzene rings is 1. The van der Waals surface area contributed by atoms with Crippen LogP contribution in [0.1, 0.15) is 12.0 Å². The first-order valence-corrected chi connectivity index (χ1v) is 5.44. The number of hydrogen-bond acceptors (Lipinski definition) is 2. The van der Waals surface area contributed by atoms with Gasteiger partial charge in [0.1, 0.15) is 5.15 Å². The molecule has 0 amide bonds. The molecule has 1 aliphatic rings. The zero-order valence-corrected chi connectivity index (χ0v) is 8.92. The van der Waals surface area contributed by atoms with Gasteiger partial charge >= 0.3 is 0 Å². The second kappa shape index (κ2) is 3.38. The Morgan fingerprint density at radius 3 is 2.87 bits per heavy atom. The first-order chi connectivity index (χ1) is 7.36. The van der Waals surface area contributed by atoms with Crippen LogP contribution in [0.4, 0.5) is 0 Å². The Hall–Kier alpha value is -1.28. The molecule has 0 unspecified atom stereocenters. The molecule has 0 fully saturated rings. The quantitative estimate of drug-likeness (QED) is 0.635. The fourth-order valence-electron chi connectivity index (χ4n) is 2.04. The number of rotatable bonds is 0. The third kappa shape index (κ3) is 1.37. The number of aryl methyl sites for hydroxylation is 1. The van der Waals surface area contributed by atoms with Crippen LogP contribution in [0, 0.1) is 0 Å². The highest BCUT2D eigenvalue weighted by atomic mass is 35.5. The number of nitrogens with zero attached hydrogens (tertiary/aromatic N) is 1. The number of halogens is 1. The molecule has 0 bridgehead atoms. The Kier molecular flexibility index (Phi) is 2.03. The Balaban J connectivity index is 2.39. The van der Waals surface area contributed by atoms with E-state index in [2.05, 4.69) is 11.1 Å². The number of ether oxygens (including phenoxy) is 1. The standard InChI is InChI=1S/C12H10ClNO/c13-11-9-5-2-1-4-8(9)10-6-3-7-15-12(10)14-11/h1-2,4-5H,3,6-7H2. The summed E-state index contributed by atoms with van der Waals surface area (Å²) in [6, 6.07) is 8.08. The fraction of sp³-hybridized carbons (Fsp3) is 0.250. The zero-order valence-electron chi connectivity index (χ0n) is 8.16. The van der Waals surface area contributed by atoms with E-state index in [0.29, 0.717) is 11.0 Å². The summed E-state index contributed by atoms with van der Waals surface area (Å²) in [5, 5.41) is 2.72. The maximum Gasteiger partial charge on any atom is 0.218 e. The van der Waals surface area contributed by atoms with Crippen molar-refractivity contribution in [3.63, 3.8) is 0 Å². The molecule has 1 aliphatic heterocycles. The van der Waals surface area contributed by atoms with E-state index in [1.807, 2.05) is 18.2 Å². The molecule has 2 heterocycles. The minimum Gasteiger partial charge on any atom is -0.477 e. The van der Waals surface area contributed by atoms with Gasteiger partial charge < -0.3 is 4.74 Å². The Bertz CT molecular complexity index is 524. The van der Waals surface area contributed by atoms with Gasteiger partial charge in [0, 0.05) is 10.9 Å². The van der Waals surface area contributed by atoms with E-state index in [9.17, 15) is 0 Å². The molecule has 1 aromatic heterocycles. The molecule has 0 radical (unpaired) electrons. The lowest BCUT2D eigenvalue weighted by molar-refractivity contribution is 0.277. The third-order valence-corrected chi connectivity index (χ3v) is 3.03. The monoisotopic (exact) mass is 219 g/mol. The summed E-state index contributed by atoms with van der Waals surface area (Å²) >= 11 is 6.10. The first kappa shape index (κ1) is 8.98. The fourth-order valence-corrected chi connectivity index (χ4v) is 2.28. The largest absolute Gasteiger partial charge is 0.477 e. The smallest absolute Gasteiger partial charge is 0.218 e. The highest BCUT2D eigenvalue weighted by Gasteiger charge is 2.16. The van der Waals surface area contributed by atoms with Crippen LogP contribution in [0.25, 0.3) is 10.8 Å². The van der Waals surface area contributed by atoms with Gasteiger partial charge in [-0.3, -0.25) is 0 Å². The molecule has 2 aromatic rings. The van der Waals surface area contributed by atoms with E-state index in [4.69, 9.17) is 16.3 Å². The molecule has 3 rings (SSSR count). The van der Waals surface area contributed by atoms with E-state index < -0.39 is 0 Å². The number of pyridine rings is 1. The molecular formula is C12H10ClNO. The van der Waals surface area contributed by atoms with Crippen LogP contribution < -0.4 is 4.74 Å². The molecule has 0 spiro atoms. The van der Waals surface area contributed by atoms with Crippen molar-refractivity contribution < 1.29 is 4.74 Å². The van der Waals surface area contributed by atoms with E-state index in [0.717, 1.165) is 24.8 Å². The third-order valence-electron chi connectivity index (χ3n) is 2.74. The van der Waals surface area contributed by atoms with E-state index >= 15 is 0 Å². The van der Waals surface area contributed by atoms with Gasteiger partial charge in [0.25, 0.3) is 0 Å². The SMILES string of the molecule is Clc1nc2c(c3ccccc13)CCCO2. The predicted molar refractivity (Wildman–Crippen MR) is 60.6 cm³/mol. The lowest BCUT2D eigenvalue weighted by Gasteiger charge is -2.18. The minimum atomic E-state index is 0.534. The van der Waals surface area contributed by atoms with Gasteiger partial charge in [0.2, 0.25) is 5.88 Å². The van der Waals surface area contributed by atoms with Gasteiger partial charge in [-0.25, -0.2) is 4.98 Å². The number of fused-ring (bicyclic) bond motifs is 3. The first-order valence-electron chi connectivity index (χ1n) is 5.06. The Morgan fingerprint density at radius 1 is 1.20 bits per heavy atom. The van der Waals surface area contributed by atoms with Crippen molar-refractivity contribution in [2.45, 2.75) is 12.8 Å². The van der Waals surface area contributed by atoms with Gasteiger partial charge in [-0.15, -0.1) is 0 Å². The van der Waals surface area contributed by atoms with Gasteiger partial charge in [0.05, 0.1) is 6.61 Å². The van der Waals surface area contributed by atoms with Crippen LogP contribution in [-0.2, 0) is 6.42 Å². The van der Waals surface area contributed by atoms with Crippen molar-refractivity contribution in [1.82, 2.24) is 4.98 Å². The van der Waals surface area contributed by atoms with Crippen LogP contribution in [0.5, 0.6) is 5.88 Å². The van der Waals surface area contributed by atoms with E-state index in [-0.39, 0.29) is 0 Å². The molecule has 15 heavy (non-hydrogen) atoms. The summed E-state index contributed by atoms with van der Waals surface area (Å²) in [5.74, 6) is 0.713. The maximum absolute atomic E-state index is 6.10. The summed E-state index contributed by atoms with van der Waals surface area (Å²) in [7, 11) is 0. The predicted octanol–water partition coefficient (Wildman–Crippen LogP) is 3.21. The normalized spacial score (nSPS) is 14.7. The molecule has 0 saturated heterocycles.